The molecule has 1 heterocycles. The lowest BCUT2D eigenvalue weighted by molar-refractivity contribution is 0.0282. The summed E-state index contributed by atoms with van der Waals surface area (Å²) in [4.78, 5) is 0. The maximum atomic E-state index is 5.66. The van der Waals surface area contributed by atoms with Gasteiger partial charge in [-0.15, -0.1) is 0 Å². The Hall–Kier alpha value is -1.06. The lowest BCUT2D eigenvalue weighted by atomic mass is 9.95. The van der Waals surface area contributed by atoms with Crippen LogP contribution in [0.5, 0.6) is 5.75 Å². The SMILES string of the molecule is CC1(NCCCOc2ccccc2)CCCOC1. The van der Waals surface area contributed by atoms with Gasteiger partial charge in [-0.3, -0.25) is 0 Å². The fourth-order valence-corrected chi connectivity index (χ4v) is 2.24. The zero-order chi connectivity index (χ0) is 12.7. The van der Waals surface area contributed by atoms with Crippen LogP contribution in [-0.2, 0) is 4.74 Å². The Morgan fingerprint density at radius 3 is 2.89 bits per heavy atom. The lowest BCUT2D eigenvalue weighted by Crippen LogP contribution is -2.49. The first kappa shape index (κ1) is 13.4. The van der Waals surface area contributed by atoms with E-state index in [1.165, 1.54) is 6.42 Å². The average molecular weight is 249 g/mol. The predicted octanol–water partition coefficient (Wildman–Crippen LogP) is 2.61. The summed E-state index contributed by atoms with van der Waals surface area (Å²) in [7, 11) is 0. The first-order chi connectivity index (χ1) is 8.79. The Morgan fingerprint density at radius 1 is 1.33 bits per heavy atom. The maximum absolute atomic E-state index is 5.66. The molecule has 18 heavy (non-hydrogen) atoms. The molecular formula is C15H23NO2. The minimum absolute atomic E-state index is 0.158. The second-order valence-electron chi connectivity index (χ2n) is 5.16. The number of nitrogens with one attached hydrogen (secondary N) is 1. The third-order valence-electron chi connectivity index (χ3n) is 3.32. The third-order valence-corrected chi connectivity index (χ3v) is 3.32. The molecule has 1 fully saturated rings. The van der Waals surface area contributed by atoms with Crippen molar-refractivity contribution in [1.82, 2.24) is 5.32 Å². The monoisotopic (exact) mass is 249 g/mol. The fraction of sp³-hybridized carbons (Fsp3) is 0.600. The minimum Gasteiger partial charge on any atom is -0.494 e. The summed E-state index contributed by atoms with van der Waals surface area (Å²) in [5.74, 6) is 0.949. The molecule has 0 spiro atoms. The predicted molar refractivity (Wildman–Crippen MR) is 73.0 cm³/mol. The Kier molecular flexibility index (Phi) is 5.02. The highest BCUT2D eigenvalue weighted by molar-refractivity contribution is 5.20. The molecular weight excluding hydrogens is 226 g/mol. The molecule has 0 saturated carbocycles. The van der Waals surface area contributed by atoms with Crippen molar-refractivity contribution in [2.24, 2.45) is 0 Å². The highest BCUT2D eigenvalue weighted by Gasteiger charge is 2.26. The molecule has 0 radical (unpaired) electrons. The van der Waals surface area contributed by atoms with E-state index in [9.17, 15) is 0 Å². The van der Waals surface area contributed by atoms with E-state index < -0.39 is 0 Å². The largest absolute Gasteiger partial charge is 0.494 e. The van der Waals surface area contributed by atoms with Crippen LogP contribution in [0.25, 0.3) is 0 Å². The van der Waals surface area contributed by atoms with Gasteiger partial charge in [0.25, 0.3) is 0 Å². The topological polar surface area (TPSA) is 30.5 Å². The summed E-state index contributed by atoms with van der Waals surface area (Å²) >= 11 is 0. The van der Waals surface area contributed by atoms with E-state index in [1.807, 2.05) is 30.3 Å². The van der Waals surface area contributed by atoms with Crippen molar-refractivity contribution in [2.75, 3.05) is 26.4 Å². The summed E-state index contributed by atoms with van der Waals surface area (Å²) in [6.45, 7) is 5.71. The van der Waals surface area contributed by atoms with Crippen LogP contribution in [0.1, 0.15) is 26.2 Å². The summed E-state index contributed by atoms with van der Waals surface area (Å²) in [6.07, 6.45) is 3.38. The van der Waals surface area contributed by atoms with Gasteiger partial charge in [0.05, 0.1) is 13.2 Å². The molecule has 1 aliphatic rings. The molecule has 3 nitrogen and oxygen atoms in total. The number of benzene rings is 1. The van der Waals surface area contributed by atoms with E-state index in [0.29, 0.717) is 0 Å². The van der Waals surface area contributed by atoms with E-state index in [-0.39, 0.29) is 5.54 Å². The highest BCUT2D eigenvalue weighted by atomic mass is 16.5. The van der Waals surface area contributed by atoms with Gasteiger partial charge in [-0.2, -0.15) is 0 Å². The first-order valence-corrected chi connectivity index (χ1v) is 6.79. The van der Waals surface area contributed by atoms with Gasteiger partial charge >= 0.3 is 0 Å². The average Bonchev–Trinajstić information content (AvgIpc) is 2.40. The van der Waals surface area contributed by atoms with Crippen LogP contribution in [0.3, 0.4) is 0 Å². The van der Waals surface area contributed by atoms with Crippen molar-refractivity contribution in [3.8, 4) is 5.75 Å². The zero-order valence-electron chi connectivity index (χ0n) is 11.2. The van der Waals surface area contributed by atoms with Crippen molar-refractivity contribution < 1.29 is 9.47 Å². The highest BCUT2D eigenvalue weighted by Crippen LogP contribution is 2.18. The van der Waals surface area contributed by atoms with Crippen LogP contribution >= 0.6 is 0 Å². The van der Waals surface area contributed by atoms with Gasteiger partial charge in [0.2, 0.25) is 0 Å². The first-order valence-electron chi connectivity index (χ1n) is 6.79. The second kappa shape index (κ2) is 6.76. The molecule has 1 unspecified atom stereocenters. The maximum Gasteiger partial charge on any atom is 0.119 e. The van der Waals surface area contributed by atoms with Crippen molar-refractivity contribution in [1.29, 1.82) is 0 Å². The molecule has 1 saturated heterocycles. The minimum atomic E-state index is 0.158. The second-order valence-corrected chi connectivity index (χ2v) is 5.16. The van der Waals surface area contributed by atoms with Crippen LogP contribution in [0.2, 0.25) is 0 Å². The van der Waals surface area contributed by atoms with Gasteiger partial charge in [0.15, 0.2) is 0 Å². The number of rotatable bonds is 6. The molecule has 100 valence electrons. The van der Waals surface area contributed by atoms with Crippen molar-refractivity contribution in [3.63, 3.8) is 0 Å². The van der Waals surface area contributed by atoms with Crippen molar-refractivity contribution >= 4 is 0 Å². The Bertz CT molecular complexity index is 334. The Labute approximate surface area is 109 Å². The molecule has 1 aromatic carbocycles. The molecule has 3 heteroatoms. The molecule has 0 bridgehead atoms. The van der Waals surface area contributed by atoms with E-state index in [2.05, 4.69) is 12.2 Å². The molecule has 1 atom stereocenters. The van der Waals surface area contributed by atoms with Gasteiger partial charge in [-0.25, -0.2) is 0 Å². The summed E-state index contributed by atoms with van der Waals surface area (Å²) in [6, 6.07) is 9.97. The van der Waals surface area contributed by atoms with E-state index in [0.717, 1.165) is 45.0 Å². The van der Waals surface area contributed by atoms with Gasteiger partial charge in [0.1, 0.15) is 5.75 Å². The summed E-state index contributed by atoms with van der Waals surface area (Å²) in [5.41, 5.74) is 0.158. The van der Waals surface area contributed by atoms with Crippen LogP contribution in [0, 0.1) is 0 Å². The van der Waals surface area contributed by atoms with Crippen LogP contribution < -0.4 is 10.1 Å². The van der Waals surface area contributed by atoms with Gasteiger partial charge in [-0.1, -0.05) is 18.2 Å². The molecule has 0 aromatic heterocycles. The van der Waals surface area contributed by atoms with Crippen molar-refractivity contribution in [2.45, 2.75) is 31.7 Å². The normalized spacial score (nSPS) is 23.8. The molecule has 1 N–H and O–H groups in total. The molecule has 1 aliphatic heterocycles. The number of hydrogen-bond donors (Lipinski definition) is 1. The standard InChI is InChI=1S/C15H23NO2/c1-15(9-5-11-17-13-15)16-10-6-12-18-14-7-3-2-4-8-14/h2-4,7-8,16H,5-6,9-13H2,1H3. The quantitative estimate of drug-likeness (QED) is 0.786. The van der Waals surface area contributed by atoms with Crippen LogP contribution in [0.15, 0.2) is 30.3 Å². The Balaban J connectivity index is 1.58. The number of hydrogen-bond acceptors (Lipinski definition) is 3. The number of ether oxygens (including phenoxy) is 2. The van der Waals surface area contributed by atoms with E-state index in [1.54, 1.807) is 0 Å². The molecule has 1 aromatic rings. The van der Waals surface area contributed by atoms with Crippen LogP contribution in [-0.4, -0.2) is 31.9 Å². The molecule has 0 amide bonds. The van der Waals surface area contributed by atoms with E-state index in [4.69, 9.17) is 9.47 Å². The molecule has 2 rings (SSSR count). The fourth-order valence-electron chi connectivity index (χ4n) is 2.24. The van der Waals surface area contributed by atoms with Crippen molar-refractivity contribution in [3.05, 3.63) is 30.3 Å². The van der Waals surface area contributed by atoms with E-state index >= 15 is 0 Å². The summed E-state index contributed by atoms with van der Waals surface area (Å²) in [5, 5.41) is 3.58. The summed E-state index contributed by atoms with van der Waals surface area (Å²) < 4.78 is 11.2. The number of para-hydroxylation sites is 1. The van der Waals surface area contributed by atoms with Gasteiger partial charge in [0, 0.05) is 12.1 Å². The van der Waals surface area contributed by atoms with Crippen LogP contribution in [0.4, 0.5) is 0 Å². The molecule has 0 aliphatic carbocycles. The Morgan fingerprint density at radius 2 is 2.17 bits per heavy atom. The van der Waals surface area contributed by atoms with Gasteiger partial charge in [-0.05, 0) is 44.9 Å². The zero-order valence-corrected chi connectivity index (χ0v) is 11.2. The third kappa shape index (κ3) is 4.31. The van der Waals surface area contributed by atoms with Gasteiger partial charge < -0.3 is 14.8 Å². The smallest absolute Gasteiger partial charge is 0.119 e. The lowest BCUT2D eigenvalue weighted by Gasteiger charge is -2.34.